The highest BCUT2D eigenvalue weighted by Crippen LogP contribution is 2.16. The van der Waals surface area contributed by atoms with Gasteiger partial charge in [0, 0.05) is 0 Å². The van der Waals surface area contributed by atoms with Crippen LogP contribution in [0.4, 0.5) is 9.59 Å². The maximum Gasteiger partial charge on any atom is 0.430 e. The van der Waals surface area contributed by atoms with Crippen LogP contribution in [-0.2, 0) is 19.0 Å². The smallest absolute Gasteiger partial charge is 0.430 e. The fourth-order valence-electron chi connectivity index (χ4n) is 2.44. The van der Waals surface area contributed by atoms with Gasteiger partial charge in [-0.25, -0.2) is 19.8 Å². The molecule has 0 bridgehead atoms. The molecule has 2 N–H and O–H groups in total. The van der Waals surface area contributed by atoms with Gasteiger partial charge in [-0.15, -0.1) is 0 Å². The average molecular weight is 451 g/mol. The second kappa shape index (κ2) is 11.5. The zero-order chi connectivity index (χ0) is 24.5. The Kier molecular flexibility index (Phi) is 9.71. The Balaban J connectivity index is 3.30. The van der Waals surface area contributed by atoms with E-state index < -0.39 is 41.5 Å². The van der Waals surface area contributed by atoms with E-state index in [1.807, 2.05) is 18.2 Å². The highest BCUT2D eigenvalue weighted by molar-refractivity contribution is 5.84. The van der Waals surface area contributed by atoms with Crippen LogP contribution in [0.1, 0.15) is 54.0 Å². The summed E-state index contributed by atoms with van der Waals surface area (Å²) in [5, 5.41) is 11.4. The molecule has 1 aromatic carbocycles. The Bertz CT molecular complexity index is 795. The fourth-order valence-corrected chi connectivity index (χ4v) is 2.44. The molecule has 0 saturated heterocycles. The third-order valence-corrected chi connectivity index (χ3v) is 3.62. The van der Waals surface area contributed by atoms with Crippen LogP contribution in [0.25, 0.3) is 6.08 Å². The number of carbonyl (C=O) groups is 3. The number of carbonyl (C=O) groups excluding carboxylic acids is 3. The molecule has 0 heterocycles. The topological polar surface area (TPSA) is 114 Å². The van der Waals surface area contributed by atoms with Crippen LogP contribution in [0.15, 0.2) is 36.4 Å². The third-order valence-electron chi connectivity index (χ3n) is 3.62. The summed E-state index contributed by atoms with van der Waals surface area (Å²) in [4.78, 5) is 38.0. The maximum atomic E-state index is 12.9. The number of benzene rings is 1. The van der Waals surface area contributed by atoms with Crippen molar-refractivity contribution in [3.05, 3.63) is 42.0 Å². The minimum Gasteiger partial charge on any atom is -0.464 e. The van der Waals surface area contributed by atoms with Gasteiger partial charge in [0.2, 0.25) is 0 Å². The second-order valence-corrected chi connectivity index (χ2v) is 8.92. The van der Waals surface area contributed by atoms with Crippen LogP contribution in [0.3, 0.4) is 0 Å². The van der Waals surface area contributed by atoms with E-state index in [-0.39, 0.29) is 6.61 Å². The second-order valence-electron chi connectivity index (χ2n) is 8.92. The summed E-state index contributed by atoms with van der Waals surface area (Å²) < 4.78 is 15.6. The number of hydrazine groups is 1. The summed E-state index contributed by atoms with van der Waals surface area (Å²) >= 11 is 0. The van der Waals surface area contributed by atoms with Crippen molar-refractivity contribution in [2.24, 2.45) is 0 Å². The van der Waals surface area contributed by atoms with Crippen molar-refractivity contribution in [1.29, 1.82) is 0 Å². The molecule has 0 aliphatic heterocycles. The Labute approximate surface area is 189 Å². The van der Waals surface area contributed by atoms with Gasteiger partial charge in [0.1, 0.15) is 17.3 Å². The molecule has 9 heteroatoms. The standard InChI is InChI=1S/C23H34N2O7/c1-8-30-19(27)18(17(26)15-14-16-12-10-9-11-13-16)25(21(29)32-23(5,6)7)24-20(28)31-22(2,3)4/h9-15,17-18,26H,8H2,1-7H3,(H,24,28)/b15-14+/t17-,18-/m1/s1. The van der Waals surface area contributed by atoms with Gasteiger partial charge in [-0.1, -0.05) is 42.5 Å². The molecule has 0 aliphatic carbocycles. The molecule has 0 saturated carbocycles. The number of amides is 2. The lowest BCUT2D eigenvalue weighted by atomic mass is 10.1. The Morgan fingerprint density at radius 3 is 2.09 bits per heavy atom. The highest BCUT2D eigenvalue weighted by atomic mass is 16.6. The van der Waals surface area contributed by atoms with E-state index in [0.29, 0.717) is 5.01 Å². The molecule has 32 heavy (non-hydrogen) atoms. The number of aliphatic hydroxyl groups excluding tert-OH is 1. The van der Waals surface area contributed by atoms with Crippen molar-refractivity contribution in [2.75, 3.05) is 6.61 Å². The van der Waals surface area contributed by atoms with Crippen LogP contribution in [-0.4, -0.2) is 58.2 Å². The van der Waals surface area contributed by atoms with Gasteiger partial charge >= 0.3 is 18.2 Å². The van der Waals surface area contributed by atoms with E-state index in [1.165, 1.54) is 6.08 Å². The fraction of sp³-hybridized carbons (Fsp3) is 0.522. The van der Waals surface area contributed by atoms with Gasteiger partial charge in [0.15, 0.2) is 6.04 Å². The average Bonchev–Trinajstić information content (AvgIpc) is 2.64. The zero-order valence-corrected chi connectivity index (χ0v) is 19.7. The van der Waals surface area contributed by atoms with Crippen LogP contribution in [0, 0.1) is 0 Å². The number of nitrogens with zero attached hydrogens (tertiary/aromatic N) is 1. The molecule has 2 amide bonds. The molecule has 0 unspecified atom stereocenters. The van der Waals surface area contributed by atoms with E-state index in [1.54, 1.807) is 66.7 Å². The molecule has 0 aromatic heterocycles. The number of nitrogens with one attached hydrogen (secondary N) is 1. The zero-order valence-electron chi connectivity index (χ0n) is 19.7. The van der Waals surface area contributed by atoms with Gasteiger partial charge in [-0.3, -0.25) is 0 Å². The van der Waals surface area contributed by atoms with Gasteiger partial charge in [0.25, 0.3) is 0 Å². The van der Waals surface area contributed by atoms with E-state index in [4.69, 9.17) is 14.2 Å². The summed E-state index contributed by atoms with van der Waals surface area (Å²) in [6.07, 6.45) is -0.690. The Morgan fingerprint density at radius 1 is 1.03 bits per heavy atom. The first-order valence-corrected chi connectivity index (χ1v) is 10.3. The van der Waals surface area contributed by atoms with Gasteiger partial charge in [-0.2, -0.15) is 5.01 Å². The number of hydrogen-bond acceptors (Lipinski definition) is 7. The number of rotatable bonds is 6. The molecule has 1 rings (SSSR count). The monoisotopic (exact) mass is 450 g/mol. The highest BCUT2D eigenvalue weighted by Gasteiger charge is 2.40. The summed E-state index contributed by atoms with van der Waals surface area (Å²) in [6, 6.07) is 7.43. The van der Waals surface area contributed by atoms with E-state index in [0.717, 1.165) is 5.56 Å². The number of ether oxygens (including phenoxy) is 3. The SMILES string of the molecule is CCOC(=O)[C@@H]([C@H](O)/C=C/c1ccccc1)N(NC(=O)OC(C)(C)C)C(=O)OC(C)(C)C. The van der Waals surface area contributed by atoms with Crippen LogP contribution >= 0.6 is 0 Å². The van der Waals surface area contributed by atoms with Gasteiger partial charge < -0.3 is 19.3 Å². The van der Waals surface area contributed by atoms with Crippen LogP contribution in [0.5, 0.6) is 0 Å². The lowest BCUT2D eigenvalue weighted by Crippen LogP contribution is -2.60. The first-order chi connectivity index (χ1) is 14.7. The van der Waals surface area contributed by atoms with E-state index >= 15 is 0 Å². The molecule has 0 aliphatic rings. The normalized spacial score (nSPS) is 13.8. The van der Waals surface area contributed by atoms with E-state index in [9.17, 15) is 19.5 Å². The third kappa shape index (κ3) is 9.82. The van der Waals surface area contributed by atoms with Crippen molar-refractivity contribution in [1.82, 2.24) is 10.4 Å². The lowest BCUT2D eigenvalue weighted by Gasteiger charge is -2.34. The van der Waals surface area contributed by atoms with Crippen molar-refractivity contribution in [3.8, 4) is 0 Å². The first kappa shape index (κ1) is 27.0. The summed E-state index contributed by atoms with van der Waals surface area (Å²) in [6.45, 7) is 11.4. The maximum absolute atomic E-state index is 12.9. The molecule has 178 valence electrons. The van der Waals surface area contributed by atoms with Crippen molar-refractivity contribution in [3.63, 3.8) is 0 Å². The number of esters is 1. The van der Waals surface area contributed by atoms with Gasteiger partial charge in [-0.05, 0) is 54.0 Å². The lowest BCUT2D eigenvalue weighted by molar-refractivity contribution is -0.154. The predicted octanol–water partition coefficient (Wildman–Crippen LogP) is 3.67. The van der Waals surface area contributed by atoms with Crippen molar-refractivity contribution in [2.45, 2.75) is 71.8 Å². The minimum atomic E-state index is -1.63. The molecule has 0 radical (unpaired) electrons. The molecule has 0 spiro atoms. The number of hydrogen-bond donors (Lipinski definition) is 2. The quantitative estimate of drug-likeness (QED) is 0.386. The molecule has 9 nitrogen and oxygen atoms in total. The van der Waals surface area contributed by atoms with Gasteiger partial charge in [0.05, 0.1) is 6.61 Å². The minimum absolute atomic E-state index is 0.000944. The van der Waals surface area contributed by atoms with Crippen LogP contribution in [0.2, 0.25) is 0 Å². The molecular weight excluding hydrogens is 416 g/mol. The Hall–Kier alpha value is -3.07. The number of aliphatic hydroxyl groups is 1. The summed E-state index contributed by atoms with van der Waals surface area (Å²) in [7, 11) is 0. The predicted molar refractivity (Wildman–Crippen MR) is 119 cm³/mol. The molecule has 2 atom stereocenters. The first-order valence-electron chi connectivity index (χ1n) is 10.3. The summed E-state index contributed by atoms with van der Waals surface area (Å²) in [5.74, 6) is -0.931. The van der Waals surface area contributed by atoms with Crippen LogP contribution < -0.4 is 5.43 Å². The molecular formula is C23H34N2O7. The van der Waals surface area contributed by atoms with Crippen molar-refractivity contribution >= 4 is 24.2 Å². The molecule has 1 aromatic rings. The van der Waals surface area contributed by atoms with Crippen molar-refractivity contribution < 1.29 is 33.7 Å². The van der Waals surface area contributed by atoms with E-state index in [2.05, 4.69) is 5.43 Å². The molecule has 0 fully saturated rings. The Morgan fingerprint density at radius 2 is 1.59 bits per heavy atom. The largest absolute Gasteiger partial charge is 0.464 e. The summed E-state index contributed by atoms with van der Waals surface area (Å²) in [5.41, 5.74) is 1.18.